The SMILES string of the molecule is CCO[C@H]1OC(C(=O)N2CCc3cc(OC)c(OC)cc3[C@H]2C[C@H]2C[C@H]3c4cc(OC)c(OC)cc4CCN3C[C@@H]2CC)=C[C@@H](c2c(C)n(C)n(-c3ccccc3)c2=O)[C@@H]1CCCO. The van der Waals surface area contributed by atoms with E-state index in [1.54, 1.807) is 33.1 Å². The molecule has 4 aliphatic heterocycles. The van der Waals surface area contributed by atoms with Crippen LogP contribution in [0, 0.1) is 24.7 Å². The number of hydrogen-bond donors (Lipinski definition) is 1. The summed E-state index contributed by atoms with van der Waals surface area (Å²) < 4.78 is 39.8. The van der Waals surface area contributed by atoms with Crippen molar-refractivity contribution in [2.45, 2.75) is 90.0 Å². The van der Waals surface area contributed by atoms with Crippen LogP contribution in [-0.2, 0) is 34.2 Å². The van der Waals surface area contributed by atoms with Crippen molar-refractivity contribution in [2.24, 2.45) is 24.8 Å². The average molecular weight is 879 g/mol. The van der Waals surface area contributed by atoms with Crippen molar-refractivity contribution < 1.29 is 38.3 Å². The Morgan fingerprint density at radius 1 is 0.859 bits per heavy atom. The van der Waals surface area contributed by atoms with Gasteiger partial charge in [-0.2, -0.15) is 0 Å². The van der Waals surface area contributed by atoms with E-state index >= 15 is 4.79 Å². The van der Waals surface area contributed by atoms with Gasteiger partial charge in [-0.15, -0.1) is 0 Å². The fraction of sp³-hybridized carbons (Fsp3) is 0.529. The number of carbonyl (C=O) groups excluding carboxylic acids is 1. The van der Waals surface area contributed by atoms with Gasteiger partial charge in [0, 0.05) is 69.0 Å². The molecule has 1 fully saturated rings. The van der Waals surface area contributed by atoms with E-state index in [0.717, 1.165) is 72.8 Å². The molecule has 4 aliphatic rings. The van der Waals surface area contributed by atoms with Gasteiger partial charge in [-0.3, -0.25) is 19.2 Å². The van der Waals surface area contributed by atoms with Crippen molar-refractivity contribution in [3.63, 3.8) is 0 Å². The number of rotatable bonds is 15. The number of ether oxygens (including phenoxy) is 6. The Hall–Kier alpha value is -5.24. The van der Waals surface area contributed by atoms with Crippen molar-refractivity contribution in [1.29, 1.82) is 0 Å². The van der Waals surface area contributed by atoms with E-state index in [0.29, 0.717) is 55.4 Å². The molecule has 1 amide bonds. The average Bonchev–Trinajstić information content (AvgIpc) is 3.55. The highest BCUT2D eigenvalue weighted by molar-refractivity contribution is 5.92. The third-order valence-corrected chi connectivity index (χ3v) is 14.6. The number of piperidine rings is 1. The van der Waals surface area contributed by atoms with Crippen LogP contribution in [0.1, 0.15) is 97.5 Å². The molecular weight excluding hydrogens is 813 g/mol. The molecule has 0 spiro atoms. The molecule has 8 rings (SSSR count). The number of carbonyl (C=O) groups is 1. The van der Waals surface area contributed by atoms with Crippen molar-refractivity contribution in [2.75, 3.05) is 61.3 Å². The summed E-state index contributed by atoms with van der Waals surface area (Å²) in [4.78, 5) is 34.8. The lowest BCUT2D eigenvalue weighted by molar-refractivity contribution is -0.171. The van der Waals surface area contributed by atoms with Crippen LogP contribution in [0.5, 0.6) is 23.0 Å². The molecule has 4 aromatic rings. The standard InChI is InChI=1S/C51H66N4O9/c1-9-32-30-53-20-18-33-25-43(59-5)45(61-7)27-38(33)41(53)23-35(32)24-42-39-28-46(62-8)44(60-6)26-34(39)19-21-54(42)49(57)47-29-40(37(17-14-22-56)51(64-47)63-10-2)48-31(3)52(4)55(50(48)58)36-15-12-11-13-16-36/h11-13,15-16,25-29,32,35,37,40-42,51,56H,9-10,14,17-24,30H2,1-8H3/t32-,35+,37-,40+,41-,42+,51-/m0/s1. The number of aromatic nitrogens is 2. The normalized spacial score (nSPS) is 24.2. The van der Waals surface area contributed by atoms with Crippen molar-refractivity contribution in [3.05, 3.63) is 110 Å². The number of para-hydroxylation sites is 1. The predicted octanol–water partition coefficient (Wildman–Crippen LogP) is 7.43. The zero-order valence-corrected chi connectivity index (χ0v) is 38.8. The second-order valence-corrected chi connectivity index (χ2v) is 17.7. The molecule has 1 saturated heterocycles. The molecule has 7 atom stereocenters. The smallest absolute Gasteiger partial charge is 0.289 e. The Morgan fingerprint density at radius 2 is 1.50 bits per heavy atom. The first kappa shape index (κ1) is 45.3. The lowest BCUT2D eigenvalue weighted by Gasteiger charge is -2.49. The summed E-state index contributed by atoms with van der Waals surface area (Å²) in [5.74, 6) is 2.56. The second-order valence-electron chi connectivity index (χ2n) is 17.7. The number of aliphatic hydroxyl groups is 1. The number of methoxy groups -OCH3 is 4. The van der Waals surface area contributed by atoms with Crippen LogP contribution in [0.2, 0.25) is 0 Å². The number of benzene rings is 3. The Kier molecular flexibility index (Phi) is 13.8. The van der Waals surface area contributed by atoms with Gasteiger partial charge in [0.1, 0.15) is 0 Å². The van der Waals surface area contributed by atoms with E-state index in [4.69, 9.17) is 28.4 Å². The van der Waals surface area contributed by atoms with Gasteiger partial charge < -0.3 is 38.4 Å². The van der Waals surface area contributed by atoms with Gasteiger partial charge in [-0.05, 0) is 129 Å². The first-order valence-electron chi connectivity index (χ1n) is 23.1. The summed E-state index contributed by atoms with van der Waals surface area (Å²) in [5.41, 5.74) is 6.73. The van der Waals surface area contributed by atoms with Gasteiger partial charge in [0.2, 0.25) is 6.29 Å². The molecule has 0 unspecified atom stereocenters. The maximum Gasteiger partial charge on any atom is 0.289 e. The van der Waals surface area contributed by atoms with Gasteiger partial charge in [0.15, 0.2) is 28.8 Å². The summed E-state index contributed by atoms with van der Waals surface area (Å²) in [6, 6.07) is 17.9. The summed E-state index contributed by atoms with van der Waals surface area (Å²) in [7, 11) is 8.57. The van der Waals surface area contributed by atoms with E-state index in [9.17, 15) is 9.90 Å². The minimum Gasteiger partial charge on any atom is -0.493 e. The monoisotopic (exact) mass is 878 g/mol. The zero-order chi connectivity index (χ0) is 45.2. The summed E-state index contributed by atoms with van der Waals surface area (Å²) in [6.45, 7) is 8.89. The number of hydrogen-bond acceptors (Lipinski definition) is 10. The van der Waals surface area contributed by atoms with E-state index in [1.165, 1.54) is 11.1 Å². The Labute approximate surface area is 377 Å². The molecule has 13 nitrogen and oxygen atoms in total. The third-order valence-electron chi connectivity index (χ3n) is 14.6. The van der Waals surface area contributed by atoms with Crippen LogP contribution >= 0.6 is 0 Å². The van der Waals surface area contributed by atoms with E-state index < -0.39 is 12.2 Å². The van der Waals surface area contributed by atoms with Crippen molar-refractivity contribution in [1.82, 2.24) is 19.2 Å². The van der Waals surface area contributed by atoms with Gasteiger partial charge >= 0.3 is 0 Å². The largest absolute Gasteiger partial charge is 0.493 e. The lowest BCUT2D eigenvalue weighted by atomic mass is 9.72. The fourth-order valence-corrected chi connectivity index (χ4v) is 11.3. The molecule has 0 aliphatic carbocycles. The maximum atomic E-state index is 15.5. The van der Waals surface area contributed by atoms with Crippen molar-refractivity contribution >= 4 is 5.91 Å². The van der Waals surface area contributed by atoms with E-state index in [-0.39, 0.29) is 47.8 Å². The summed E-state index contributed by atoms with van der Waals surface area (Å²) in [6.07, 6.45) is 6.34. The third kappa shape index (κ3) is 8.31. The highest BCUT2D eigenvalue weighted by atomic mass is 16.7. The first-order valence-corrected chi connectivity index (χ1v) is 23.1. The van der Waals surface area contributed by atoms with Gasteiger partial charge in [0.25, 0.3) is 11.5 Å². The molecule has 0 bridgehead atoms. The topological polar surface area (TPSA) is 126 Å². The lowest BCUT2D eigenvalue weighted by Crippen LogP contribution is -2.48. The van der Waals surface area contributed by atoms with Crippen LogP contribution in [0.4, 0.5) is 0 Å². The zero-order valence-electron chi connectivity index (χ0n) is 38.8. The maximum absolute atomic E-state index is 15.5. The minimum absolute atomic E-state index is 0.0193. The van der Waals surface area contributed by atoms with Gasteiger partial charge in [0.05, 0.1) is 40.2 Å². The van der Waals surface area contributed by atoms with Gasteiger partial charge in [-0.25, -0.2) is 4.68 Å². The summed E-state index contributed by atoms with van der Waals surface area (Å²) in [5, 5.41) is 10.0. The fourth-order valence-electron chi connectivity index (χ4n) is 11.3. The second kappa shape index (κ2) is 19.5. The molecule has 3 aromatic carbocycles. The molecule has 344 valence electrons. The quantitative estimate of drug-likeness (QED) is 0.129. The minimum atomic E-state index is -0.814. The number of aliphatic hydroxyl groups excluding tert-OH is 1. The highest BCUT2D eigenvalue weighted by Gasteiger charge is 2.46. The molecule has 1 aromatic heterocycles. The van der Waals surface area contributed by atoms with Crippen LogP contribution in [-0.4, -0.2) is 97.8 Å². The Bertz CT molecular complexity index is 2390. The van der Waals surface area contributed by atoms with Crippen LogP contribution in [0.3, 0.4) is 0 Å². The molecule has 1 N–H and O–H groups in total. The van der Waals surface area contributed by atoms with Crippen LogP contribution < -0.4 is 24.5 Å². The van der Waals surface area contributed by atoms with Crippen LogP contribution in [0.15, 0.2) is 71.2 Å². The van der Waals surface area contributed by atoms with Gasteiger partial charge in [-0.1, -0.05) is 31.5 Å². The molecule has 5 heterocycles. The number of amides is 1. The van der Waals surface area contributed by atoms with Crippen LogP contribution in [0.25, 0.3) is 5.69 Å². The molecule has 13 heteroatoms. The number of allylic oxidation sites excluding steroid dienone is 1. The molecule has 0 radical (unpaired) electrons. The number of nitrogens with zero attached hydrogens (tertiary/aromatic N) is 4. The first-order chi connectivity index (χ1) is 31.1. The number of fused-ring (bicyclic) bond motifs is 4. The molecular formula is C51H66N4O9. The molecule has 64 heavy (non-hydrogen) atoms. The Balaban J connectivity index is 1.21. The van der Waals surface area contributed by atoms with E-state index in [1.807, 2.05) is 66.9 Å². The van der Waals surface area contributed by atoms with Crippen molar-refractivity contribution in [3.8, 4) is 28.7 Å². The van der Waals surface area contributed by atoms with E-state index in [2.05, 4.69) is 36.1 Å². The predicted molar refractivity (Wildman–Crippen MR) is 245 cm³/mol. The molecule has 0 saturated carbocycles. The summed E-state index contributed by atoms with van der Waals surface area (Å²) >= 11 is 0. The highest BCUT2D eigenvalue weighted by Crippen LogP contribution is 2.50. The Morgan fingerprint density at radius 3 is 2.14 bits per heavy atom.